The SMILES string of the molecule is COc1ccc(CCC(=O)NCCCOCCO)cc1Cl. The van der Waals surface area contributed by atoms with E-state index in [0.29, 0.717) is 43.4 Å². The standard InChI is InChI=1S/C15H22ClNO4/c1-20-14-5-3-12(11-13(14)16)4-6-15(19)17-7-2-9-21-10-8-18/h3,5,11,18H,2,4,6-10H2,1H3,(H,17,19). The number of amides is 1. The van der Waals surface area contributed by atoms with Gasteiger partial charge in [-0.05, 0) is 30.5 Å². The van der Waals surface area contributed by atoms with Crippen molar-refractivity contribution in [1.29, 1.82) is 0 Å². The summed E-state index contributed by atoms with van der Waals surface area (Å²) in [6, 6.07) is 5.52. The number of rotatable bonds is 10. The van der Waals surface area contributed by atoms with Gasteiger partial charge in [-0.15, -0.1) is 0 Å². The van der Waals surface area contributed by atoms with Crippen LogP contribution in [-0.4, -0.2) is 44.5 Å². The fraction of sp³-hybridized carbons (Fsp3) is 0.533. The van der Waals surface area contributed by atoms with Crippen LogP contribution < -0.4 is 10.1 Å². The summed E-state index contributed by atoms with van der Waals surface area (Å²) in [5.74, 6) is 0.636. The predicted molar refractivity (Wildman–Crippen MR) is 81.9 cm³/mol. The third-order valence-electron chi connectivity index (χ3n) is 2.88. The zero-order valence-corrected chi connectivity index (χ0v) is 13.0. The van der Waals surface area contributed by atoms with Crippen molar-refractivity contribution in [2.45, 2.75) is 19.3 Å². The van der Waals surface area contributed by atoms with Crippen LogP contribution in [-0.2, 0) is 16.0 Å². The van der Waals surface area contributed by atoms with E-state index in [1.807, 2.05) is 12.1 Å². The number of halogens is 1. The molecule has 5 nitrogen and oxygen atoms in total. The van der Waals surface area contributed by atoms with Crippen LogP contribution in [0.15, 0.2) is 18.2 Å². The number of carbonyl (C=O) groups is 1. The Labute approximate surface area is 130 Å². The lowest BCUT2D eigenvalue weighted by atomic mass is 10.1. The Morgan fingerprint density at radius 1 is 1.38 bits per heavy atom. The predicted octanol–water partition coefficient (Wildman–Crippen LogP) is 1.80. The normalized spacial score (nSPS) is 10.4. The lowest BCUT2D eigenvalue weighted by molar-refractivity contribution is -0.121. The highest BCUT2D eigenvalue weighted by atomic mass is 35.5. The van der Waals surface area contributed by atoms with Crippen molar-refractivity contribution in [3.05, 3.63) is 28.8 Å². The van der Waals surface area contributed by atoms with Crippen molar-refractivity contribution in [3.8, 4) is 5.75 Å². The molecule has 1 aromatic rings. The maximum absolute atomic E-state index is 11.7. The molecule has 0 saturated carbocycles. The van der Waals surface area contributed by atoms with Crippen molar-refractivity contribution in [2.75, 3.05) is 33.5 Å². The summed E-state index contributed by atoms with van der Waals surface area (Å²) < 4.78 is 10.2. The lowest BCUT2D eigenvalue weighted by Gasteiger charge is -2.07. The molecule has 0 bridgehead atoms. The maximum Gasteiger partial charge on any atom is 0.220 e. The summed E-state index contributed by atoms with van der Waals surface area (Å²) in [6.07, 6.45) is 1.79. The maximum atomic E-state index is 11.7. The molecule has 6 heteroatoms. The van der Waals surface area contributed by atoms with Crippen molar-refractivity contribution < 1.29 is 19.4 Å². The van der Waals surface area contributed by atoms with Gasteiger partial charge in [-0.25, -0.2) is 0 Å². The summed E-state index contributed by atoms with van der Waals surface area (Å²) in [4.78, 5) is 11.7. The van der Waals surface area contributed by atoms with Gasteiger partial charge in [0, 0.05) is 19.6 Å². The van der Waals surface area contributed by atoms with Crippen LogP contribution in [0.4, 0.5) is 0 Å². The number of hydrogen-bond acceptors (Lipinski definition) is 4. The molecule has 1 rings (SSSR count). The van der Waals surface area contributed by atoms with Crippen LogP contribution in [0.25, 0.3) is 0 Å². The molecular formula is C15H22ClNO4. The molecule has 0 spiro atoms. The van der Waals surface area contributed by atoms with E-state index in [-0.39, 0.29) is 12.5 Å². The molecule has 0 aliphatic rings. The summed E-state index contributed by atoms with van der Waals surface area (Å²) in [7, 11) is 1.57. The van der Waals surface area contributed by atoms with Crippen LogP contribution >= 0.6 is 11.6 Å². The average Bonchev–Trinajstić information content (AvgIpc) is 2.49. The van der Waals surface area contributed by atoms with Gasteiger partial charge >= 0.3 is 0 Å². The van der Waals surface area contributed by atoms with Gasteiger partial charge in [0.05, 0.1) is 25.3 Å². The summed E-state index contributed by atoms with van der Waals surface area (Å²) in [5, 5.41) is 11.9. The van der Waals surface area contributed by atoms with Gasteiger partial charge in [0.15, 0.2) is 0 Å². The molecule has 0 saturated heterocycles. The van der Waals surface area contributed by atoms with E-state index < -0.39 is 0 Å². The first-order valence-corrected chi connectivity index (χ1v) is 7.33. The first-order chi connectivity index (χ1) is 10.2. The summed E-state index contributed by atoms with van der Waals surface area (Å²) in [5.41, 5.74) is 1.00. The first kappa shape index (κ1) is 17.8. The molecule has 0 fully saturated rings. The lowest BCUT2D eigenvalue weighted by Crippen LogP contribution is -2.25. The van der Waals surface area contributed by atoms with Crippen LogP contribution in [0.5, 0.6) is 5.75 Å². The smallest absolute Gasteiger partial charge is 0.220 e. The Morgan fingerprint density at radius 2 is 2.19 bits per heavy atom. The highest BCUT2D eigenvalue weighted by molar-refractivity contribution is 6.32. The topological polar surface area (TPSA) is 67.8 Å². The number of nitrogens with one attached hydrogen (secondary N) is 1. The van der Waals surface area contributed by atoms with Crippen LogP contribution in [0, 0.1) is 0 Å². The molecule has 2 N–H and O–H groups in total. The quantitative estimate of drug-likeness (QED) is 0.646. The Bertz CT molecular complexity index is 440. The Morgan fingerprint density at radius 3 is 2.86 bits per heavy atom. The van der Waals surface area contributed by atoms with E-state index in [1.165, 1.54) is 0 Å². The van der Waals surface area contributed by atoms with E-state index >= 15 is 0 Å². The minimum absolute atomic E-state index is 0.00380. The molecule has 0 heterocycles. The number of hydrogen-bond donors (Lipinski definition) is 2. The fourth-order valence-electron chi connectivity index (χ4n) is 1.78. The molecule has 1 amide bonds. The number of benzene rings is 1. The molecule has 21 heavy (non-hydrogen) atoms. The van der Waals surface area contributed by atoms with E-state index in [4.69, 9.17) is 26.2 Å². The third kappa shape index (κ3) is 7.32. The molecule has 0 unspecified atom stereocenters. The molecule has 0 radical (unpaired) electrons. The number of aliphatic hydroxyl groups is 1. The van der Waals surface area contributed by atoms with Gasteiger partial charge in [0.1, 0.15) is 5.75 Å². The second-order valence-electron chi connectivity index (χ2n) is 4.51. The highest BCUT2D eigenvalue weighted by Crippen LogP contribution is 2.25. The Hall–Kier alpha value is -1.30. The zero-order valence-electron chi connectivity index (χ0n) is 12.2. The van der Waals surface area contributed by atoms with Crippen molar-refractivity contribution in [3.63, 3.8) is 0 Å². The van der Waals surface area contributed by atoms with Gasteiger partial charge in [-0.1, -0.05) is 17.7 Å². The van der Waals surface area contributed by atoms with Crippen molar-refractivity contribution >= 4 is 17.5 Å². The third-order valence-corrected chi connectivity index (χ3v) is 3.18. The Balaban J connectivity index is 2.19. The molecule has 0 aliphatic heterocycles. The fourth-order valence-corrected chi connectivity index (χ4v) is 2.06. The number of aryl methyl sites for hydroxylation is 1. The van der Waals surface area contributed by atoms with E-state index in [0.717, 1.165) is 12.0 Å². The zero-order chi connectivity index (χ0) is 15.5. The van der Waals surface area contributed by atoms with Gasteiger partial charge < -0.3 is 19.9 Å². The number of methoxy groups -OCH3 is 1. The van der Waals surface area contributed by atoms with Crippen LogP contribution in [0.3, 0.4) is 0 Å². The second-order valence-corrected chi connectivity index (χ2v) is 4.92. The number of carbonyl (C=O) groups excluding carboxylic acids is 1. The molecular weight excluding hydrogens is 294 g/mol. The second kappa shape index (κ2) is 10.4. The van der Waals surface area contributed by atoms with E-state index in [2.05, 4.69) is 5.32 Å². The highest BCUT2D eigenvalue weighted by Gasteiger charge is 2.05. The monoisotopic (exact) mass is 315 g/mol. The van der Waals surface area contributed by atoms with Gasteiger partial charge in [0.2, 0.25) is 5.91 Å². The van der Waals surface area contributed by atoms with Gasteiger partial charge in [-0.2, -0.15) is 0 Å². The molecule has 1 aromatic carbocycles. The first-order valence-electron chi connectivity index (χ1n) is 6.95. The minimum Gasteiger partial charge on any atom is -0.495 e. The minimum atomic E-state index is 0.00380. The molecule has 0 aliphatic carbocycles. The van der Waals surface area contributed by atoms with Gasteiger partial charge in [-0.3, -0.25) is 4.79 Å². The number of ether oxygens (including phenoxy) is 2. The van der Waals surface area contributed by atoms with Crippen molar-refractivity contribution in [1.82, 2.24) is 5.32 Å². The van der Waals surface area contributed by atoms with Crippen LogP contribution in [0.1, 0.15) is 18.4 Å². The molecule has 0 aromatic heterocycles. The summed E-state index contributed by atoms with van der Waals surface area (Å²) >= 11 is 6.03. The van der Waals surface area contributed by atoms with Crippen LogP contribution in [0.2, 0.25) is 5.02 Å². The van der Waals surface area contributed by atoms with Crippen molar-refractivity contribution in [2.24, 2.45) is 0 Å². The largest absolute Gasteiger partial charge is 0.495 e. The Kier molecular flexibility index (Phi) is 8.82. The van der Waals surface area contributed by atoms with E-state index in [1.54, 1.807) is 13.2 Å². The number of aliphatic hydroxyl groups excluding tert-OH is 1. The summed E-state index contributed by atoms with van der Waals surface area (Å²) in [6.45, 7) is 1.48. The van der Waals surface area contributed by atoms with E-state index in [9.17, 15) is 4.79 Å². The molecule has 0 atom stereocenters. The molecule has 118 valence electrons. The average molecular weight is 316 g/mol. The van der Waals surface area contributed by atoms with Gasteiger partial charge in [0.25, 0.3) is 0 Å².